The number of rotatable bonds is 2. The molecule has 4 heterocycles. The second-order valence-electron chi connectivity index (χ2n) is 7.03. The number of carbonyl (C=O) groups is 1. The van der Waals surface area contributed by atoms with Gasteiger partial charge in [0, 0.05) is 43.0 Å². The highest BCUT2D eigenvalue weighted by atomic mass is 16.2. The summed E-state index contributed by atoms with van der Waals surface area (Å²) in [7, 11) is 1.83. The summed E-state index contributed by atoms with van der Waals surface area (Å²) in [5.74, 6) is 0.819. The summed E-state index contributed by atoms with van der Waals surface area (Å²) < 4.78 is 1.67. The molecule has 6 heteroatoms. The summed E-state index contributed by atoms with van der Waals surface area (Å²) in [6.45, 7) is 0. The molecule has 1 fully saturated rings. The summed E-state index contributed by atoms with van der Waals surface area (Å²) in [4.78, 5) is 24.4. The summed E-state index contributed by atoms with van der Waals surface area (Å²) in [5, 5.41) is 4.14. The molecule has 0 N–H and O–H groups in total. The van der Waals surface area contributed by atoms with Crippen LogP contribution >= 0.6 is 0 Å². The maximum atomic E-state index is 13.0. The lowest BCUT2D eigenvalue weighted by Crippen LogP contribution is -2.42. The van der Waals surface area contributed by atoms with Crippen LogP contribution in [0.3, 0.4) is 0 Å². The number of nitrogens with zero attached hydrogens (tertiary/aromatic N) is 5. The number of fused-ring (bicyclic) bond motifs is 4. The van der Waals surface area contributed by atoms with E-state index in [9.17, 15) is 4.79 Å². The third-order valence-corrected chi connectivity index (χ3v) is 5.41. The predicted molar refractivity (Wildman–Crippen MR) is 96.3 cm³/mol. The van der Waals surface area contributed by atoms with E-state index in [4.69, 9.17) is 4.98 Å². The zero-order valence-corrected chi connectivity index (χ0v) is 14.5. The maximum absolute atomic E-state index is 13.0. The van der Waals surface area contributed by atoms with Crippen LogP contribution < -0.4 is 0 Å². The maximum Gasteiger partial charge on any atom is 0.257 e. The molecule has 2 atom stereocenters. The van der Waals surface area contributed by atoms with Crippen molar-refractivity contribution in [2.75, 3.05) is 0 Å². The zero-order chi connectivity index (χ0) is 17.7. The Morgan fingerprint density at radius 2 is 2.00 bits per heavy atom. The second-order valence-corrected chi connectivity index (χ2v) is 7.03. The van der Waals surface area contributed by atoms with Crippen LogP contribution in [0, 0.1) is 0 Å². The third-order valence-electron chi connectivity index (χ3n) is 5.41. The number of aryl methyl sites for hydroxylation is 1. The highest BCUT2D eigenvalue weighted by Gasteiger charge is 2.43. The van der Waals surface area contributed by atoms with Crippen molar-refractivity contribution in [3.8, 4) is 11.4 Å². The van der Waals surface area contributed by atoms with Gasteiger partial charge in [-0.3, -0.25) is 9.48 Å². The van der Waals surface area contributed by atoms with Gasteiger partial charge < -0.3 is 4.90 Å². The molecule has 0 spiro atoms. The van der Waals surface area contributed by atoms with Gasteiger partial charge >= 0.3 is 0 Å². The number of carbonyl (C=O) groups excluding carboxylic acids is 1. The molecule has 0 radical (unpaired) electrons. The summed E-state index contributed by atoms with van der Waals surface area (Å²) in [6.07, 6.45) is 8.12. The van der Waals surface area contributed by atoms with E-state index in [-0.39, 0.29) is 18.0 Å². The fourth-order valence-electron chi connectivity index (χ4n) is 4.19. The Kier molecular flexibility index (Phi) is 3.38. The van der Waals surface area contributed by atoms with Gasteiger partial charge in [-0.15, -0.1) is 0 Å². The van der Waals surface area contributed by atoms with Gasteiger partial charge in [0.1, 0.15) is 0 Å². The molecule has 1 amide bonds. The number of aromatic nitrogens is 4. The third kappa shape index (κ3) is 2.33. The van der Waals surface area contributed by atoms with Crippen LogP contribution in [-0.4, -0.2) is 36.6 Å². The Labute approximate surface area is 151 Å². The van der Waals surface area contributed by atoms with Gasteiger partial charge in [0.25, 0.3) is 5.91 Å². The molecule has 130 valence electrons. The Bertz CT molecular complexity index is 981. The Balaban J connectivity index is 1.50. The fraction of sp³-hybridized carbons (Fsp3) is 0.300. The van der Waals surface area contributed by atoms with Crippen molar-refractivity contribution >= 4 is 5.91 Å². The van der Waals surface area contributed by atoms with Crippen LogP contribution in [0.25, 0.3) is 11.4 Å². The Morgan fingerprint density at radius 1 is 1.15 bits per heavy atom. The minimum atomic E-state index is 0.0587. The highest BCUT2D eigenvalue weighted by molar-refractivity contribution is 5.94. The van der Waals surface area contributed by atoms with Crippen LogP contribution in [0.2, 0.25) is 0 Å². The molecule has 0 saturated carbocycles. The van der Waals surface area contributed by atoms with E-state index in [1.807, 2.05) is 48.5 Å². The van der Waals surface area contributed by atoms with E-state index >= 15 is 0 Å². The molecule has 2 aliphatic rings. The molecule has 2 aromatic heterocycles. The quantitative estimate of drug-likeness (QED) is 0.716. The van der Waals surface area contributed by atoms with E-state index < -0.39 is 0 Å². The molecule has 1 saturated heterocycles. The van der Waals surface area contributed by atoms with E-state index in [0.29, 0.717) is 5.56 Å². The zero-order valence-electron chi connectivity index (χ0n) is 14.5. The number of hydrogen-bond donors (Lipinski definition) is 0. The molecule has 26 heavy (non-hydrogen) atoms. The first kappa shape index (κ1) is 15.3. The van der Waals surface area contributed by atoms with Crippen LogP contribution in [0.4, 0.5) is 0 Å². The summed E-state index contributed by atoms with van der Waals surface area (Å²) >= 11 is 0. The lowest BCUT2D eigenvalue weighted by atomic mass is 9.98. The second kappa shape index (κ2) is 5.76. The van der Waals surface area contributed by atoms with Crippen molar-refractivity contribution in [1.29, 1.82) is 0 Å². The molecule has 6 nitrogen and oxygen atoms in total. The lowest BCUT2D eigenvalue weighted by Gasteiger charge is -2.35. The highest BCUT2D eigenvalue weighted by Crippen LogP contribution is 2.43. The van der Waals surface area contributed by atoms with Crippen LogP contribution in [-0.2, 0) is 13.5 Å². The fourth-order valence-corrected chi connectivity index (χ4v) is 4.19. The van der Waals surface area contributed by atoms with Crippen LogP contribution in [0.1, 0.15) is 40.5 Å². The van der Waals surface area contributed by atoms with Crippen molar-refractivity contribution in [3.05, 3.63) is 65.7 Å². The lowest BCUT2D eigenvalue weighted by molar-refractivity contribution is 0.0644. The van der Waals surface area contributed by atoms with E-state index in [1.54, 1.807) is 17.1 Å². The molecule has 2 bridgehead atoms. The molecule has 3 aromatic rings. The van der Waals surface area contributed by atoms with Gasteiger partial charge in [0.15, 0.2) is 5.82 Å². The minimum absolute atomic E-state index is 0.0587. The number of benzene rings is 1. The van der Waals surface area contributed by atoms with E-state index in [0.717, 1.165) is 41.9 Å². The molecule has 0 aliphatic carbocycles. The van der Waals surface area contributed by atoms with Crippen molar-refractivity contribution in [2.24, 2.45) is 7.05 Å². The number of hydrogen-bond acceptors (Lipinski definition) is 4. The van der Waals surface area contributed by atoms with Crippen molar-refractivity contribution in [2.45, 2.75) is 31.3 Å². The van der Waals surface area contributed by atoms with Gasteiger partial charge in [-0.25, -0.2) is 9.97 Å². The first-order valence-corrected chi connectivity index (χ1v) is 8.93. The average molecular weight is 345 g/mol. The van der Waals surface area contributed by atoms with Gasteiger partial charge in [0.05, 0.1) is 23.5 Å². The summed E-state index contributed by atoms with van der Waals surface area (Å²) in [6, 6.07) is 10.3. The van der Waals surface area contributed by atoms with E-state index in [2.05, 4.69) is 10.1 Å². The predicted octanol–water partition coefficient (Wildman–Crippen LogP) is 2.78. The molecule has 0 unspecified atom stereocenters. The van der Waals surface area contributed by atoms with Crippen LogP contribution in [0.5, 0.6) is 0 Å². The van der Waals surface area contributed by atoms with E-state index in [1.165, 1.54) is 0 Å². The standard InChI is InChI=1S/C20H19N5O/c1-24-12-14(10-22-24)20(26)25-15-7-8-18(25)16-11-21-19(23-17(16)9-15)13-5-3-2-4-6-13/h2-6,10-12,15,18H,7-9H2,1H3/t15-,18+/m0/s1. The van der Waals surface area contributed by atoms with Crippen LogP contribution in [0.15, 0.2) is 48.9 Å². The average Bonchev–Trinajstić information content (AvgIpc) is 3.24. The molecular weight excluding hydrogens is 326 g/mol. The van der Waals surface area contributed by atoms with Crippen molar-refractivity contribution in [1.82, 2.24) is 24.6 Å². The van der Waals surface area contributed by atoms with Crippen molar-refractivity contribution < 1.29 is 4.79 Å². The molecular formula is C20H19N5O. The van der Waals surface area contributed by atoms with Crippen molar-refractivity contribution in [3.63, 3.8) is 0 Å². The first-order chi connectivity index (χ1) is 12.7. The van der Waals surface area contributed by atoms with Gasteiger partial charge in [0.2, 0.25) is 0 Å². The van der Waals surface area contributed by atoms with Gasteiger partial charge in [-0.05, 0) is 12.8 Å². The molecule has 2 aliphatic heterocycles. The SMILES string of the molecule is Cn1cc(C(=O)N2[C@H]3CC[C@@H]2c2cnc(-c4ccccc4)nc2C3)cn1. The number of amides is 1. The Morgan fingerprint density at radius 3 is 2.77 bits per heavy atom. The normalized spacial score (nSPS) is 20.9. The van der Waals surface area contributed by atoms with Gasteiger partial charge in [-0.2, -0.15) is 5.10 Å². The Hall–Kier alpha value is -3.02. The largest absolute Gasteiger partial charge is 0.328 e. The first-order valence-electron chi connectivity index (χ1n) is 8.93. The minimum Gasteiger partial charge on any atom is -0.328 e. The molecule has 1 aromatic carbocycles. The monoisotopic (exact) mass is 345 g/mol. The molecule has 5 rings (SSSR count). The summed E-state index contributed by atoms with van der Waals surface area (Å²) in [5.41, 5.74) is 3.85. The smallest absolute Gasteiger partial charge is 0.257 e. The topological polar surface area (TPSA) is 63.9 Å². The van der Waals surface area contributed by atoms with Gasteiger partial charge in [-0.1, -0.05) is 30.3 Å².